The molecule has 1 aliphatic heterocycles. The summed E-state index contributed by atoms with van der Waals surface area (Å²) in [5.41, 5.74) is 1.09. The Kier molecular flexibility index (Phi) is 5.39. The van der Waals surface area contributed by atoms with Gasteiger partial charge in [0.2, 0.25) is 5.91 Å². The lowest BCUT2D eigenvalue weighted by Crippen LogP contribution is -2.36. The van der Waals surface area contributed by atoms with E-state index in [-0.39, 0.29) is 4.91 Å². The molecule has 1 fully saturated rings. The van der Waals surface area contributed by atoms with E-state index >= 15 is 0 Å². The van der Waals surface area contributed by atoms with Crippen LogP contribution in [0.2, 0.25) is 5.02 Å². The highest BCUT2D eigenvalue weighted by atomic mass is 35.5. The molecule has 3 rings (SSSR count). The van der Waals surface area contributed by atoms with Gasteiger partial charge in [-0.3, -0.25) is 19.3 Å². The van der Waals surface area contributed by atoms with Crippen LogP contribution in [0.3, 0.4) is 0 Å². The SMILES string of the molecule is O=C(CN1C(=O)S/C(=C\c2ccc(F)cc2)C1=O)Nc1ccc(Cl)cc1. The van der Waals surface area contributed by atoms with Crippen LogP contribution in [-0.2, 0) is 9.59 Å². The number of benzene rings is 2. The maximum Gasteiger partial charge on any atom is 0.294 e. The van der Waals surface area contributed by atoms with Gasteiger partial charge in [-0.1, -0.05) is 23.7 Å². The van der Waals surface area contributed by atoms with Gasteiger partial charge in [-0.15, -0.1) is 0 Å². The minimum Gasteiger partial charge on any atom is -0.325 e. The van der Waals surface area contributed by atoms with Crippen molar-refractivity contribution in [3.8, 4) is 0 Å². The van der Waals surface area contributed by atoms with Crippen LogP contribution in [0.1, 0.15) is 5.56 Å². The highest BCUT2D eigenvalue weighted by molar-refractivity contribution is 8.18. The van der Waals surface area contributed by atoms with Gasteiger partial charge in [-0.25, -0.2) is 4.39 Å². The fraction of sp³-hybridized carbons (Fsp3) is 0.0556. The van der Waals surface area contributed by atoms with E-state index in [0.717, 1.165) is 16.7 Å². The van der Waals surface area contributed by atoms with Crippen molar-refractivity contribution in [2.75, 3.05) is 11.9 Å². The van der Waals surface area contributed by atoms with Crippen LogP contribution in [0.5, 0.6) is 0 Å². The van der Waals surface area contributed by atoms with E-state index in [1.54, 1.807) is 24.3 Å². The van der Waals surface area contributed by atoms with E-state index in [4.69, 9.17) is 11.6 Å². The predicted octanol–water partition coefficient (Wildman–Crippen LogP) is 4.15. The van der Waals surface area contributed by atoms with Crippen LogP contribution in [-0.4, -0.2) is 28.5 Å². The van der Waals surface area contributed by atoms with Gasteiger partial charge in [0, 0.05) is 10.7 Å². The smallest absolute Gasteiger partial charge is 0.294 e. The second-order valence-corrected chi connectivity index (χ2v) is 6.80. The Morgan fingerprint density at radius 3 is 2.42 bits per heavy atom. The first-order valence-corrected chi connectivity index (χ1v) is 8.68. The Morgan fingerprint density at radius 1 is 1.12 bits per heavy atom. The van der Waals surface area contributed by atoms with E-state index in [1.165, 1.54) is 30.3 Å². The maximum atomic E-state index is 12.9. The van der Waals surface area contributed by atoms with Crippen LogP contribution in [0.4, 0.5) is 14.9 Å². The summed E-state index contributed by atoms with van der Waals surface area (Å²) in [6.07, 6.45) is 1.49. The molecule has 0 spiro atoms. The number of imide groups is 1. The minimum atomic E-state index is -0.560. The molecule has 1 N–H and O–H groups in total. The van der Waals surface area contributed by atoms with Crippen LogP contribution in [0, 0.1) is 5.82 Å². The molecule has 26 heavy (non-hydrogen) atoms. The molecular formula is C18H12ClFN2O3S. The first-order chi connectivity index (χ1) is 12.4. The normalized spacial score (nSPS) is 15.6. The lowest BCUT2D eigenvalue weighted by molar-refractivity contribution is -0.127. The number of halogens is 2. The third-order valence-corrected chi connectivity index (χ3v) is 4.63. The van der Waals surface area contributed by atoms with Crippen molar-refractivity contribution >= 4 is 52.2 Å². The number of anilines is 1. The molecule has 3 amide bonds. The third kappa shape index (κ3) is 4.30. The molecule has 2 aromatic rings. The number of amides is 3. The molecule has 1 saturated heterocycles. The summed E-state index contributed by atoms with van der Waals surface area (Å²) in [7, 11) is 0. The summed E-state index contributed by atoms with van der Waals surface area (Å²) in [5, 5.41) is 2.59. The summed E-state index contributed by atoms with van der Waals surface area (Å²) in [5.74, 6) is -1.46. The Morgan fingerprint density at radius 2 is 1.77 bits per heavy atom. The van der Waals surface area contributed by atoms with Gasteiger partial charge < -0.3 is 5.32 Å². The number of nitrogens with zero attached hydrogens (tertiary/aromatic N) is 1. The van der Waals surface area contributed by atoms with Crippen molar-refractivity contribution in [1.29, 1.82) is 0 Å². The fourth-order valence-corrected chi connectivity index (χ4v) is 3.19. The van der Waals surface area contributed by atoms with Gasteiger partial charge in [0.05, 0.1) is 4.91 Å². The van der Waals surface area contributed by atoms with Crippen molar-refractivity contribution in [3.05, 3.63) is 69.8 Å². The third-order valence-electron chi connectivity index (χ3n) is 3.47. The molecule has 0 saturated carbocycles. The monoisotopic (exact) mass is 390 g/mol. The van der Waals surface area contributed by atoms with Gasteiger partial charge in [-0.2, -0.15) is 0 Å². The van der Waals surface area contributed by atoms with Gasteiger partial charge in [0.15, 0.2) is 0 Å². The number of thioether (sulfide) groups is 1. The van der Waals surface area contributed by atoms with Crippen molar-refractivity contribution < 1.29 is 18.8 Å². The Balaban J connectivity index is 1.67. The second-order valence-electron chi connectivity index (χ2n) is 5.37. The van der Waals surface area contributed by atoms with Crippen LogP contribution in [0.15, 0.2) is 53.4 Å². The van der Waals surface area contributed by atoms with E-state index in [2.05, 4.69) is 5.32 Å². The zero-order chi connectivity index (χ0) is 18.7. The number of rotatable bonds is 4. The van der Waals surface area contributed by atoms with E-state index in [0.29, 0.717) is 16.3 Å². The van der Waals surface area contributed by atoms with Crippen molar-refractivity contribution in [1.82, 2.24) is 4.90 Å². The summed E-state index contributed by atoms with van der Waals surface area (Å²) < 4.78 is 12.9. The molecular weight excluding hydrogens is 379 g/mol. The molecule has 5 nitrogen and oxygen atoms in total. The van der Waals surface area contributed by atoms with Gasteiger partial charge in [-0.05, 0) is 59.8 Å². The highest BCUT2D eigenvalue weighted by Crippen LogP contribution is 2.32. The molecule has 0 atom stereocenters. The Hall–Kier alpha value is -2.64. The molecule has 0 bridgehead atoms. The predicted molar refractivity (Wildman–Crippen MR) is 99.2 cm³/mol. The number of carbonyl (C=O) groups is 3. The summed E-state index contributed by atoms with van der Waals surface area (Å²) in [6, 6.07) is 12.0. The topological polar surface area (TPSA) is 66.5 Å². The van der Waals surface area contributed by atoms with Gasteiger partial charge in [0.1, 0.15) is 12.4 Å². The Bertz CT molecular complexity index is 898. The first kappa shape index (κ1) is 18.2. The van der Waals surface area contributed by atoms with Crippen molar-refractivity contribution in [3.63, 3.8) is 0 Å². The number of hydrogen-bond donors (Lipinski definition) is 1. The van der Waals surface area contributed by atoms with E-state index in [1.807, 2.05) is 0 Å². The molecule has 2 aromatic carbocycles. The van der Waals surface area contributed by atoms with E-state index < -0.39 is 29.4 Å². The zero-order valence-corrected chi connectivity index (χ0v) is 14.8. The molecule has 0 aromatic heterocycles. The summed E-state index contributed by atoms with van der Waals surface area (Å²) in [4.78, 5) is 37.5. The van der Waals surface area contributed by atoms with Crippen LogP contribution >= 0.6 is 23.4 Å². The van der Waals surface area contributed by atoms with Crippen molar-refractivity contribution in [2.24, 2.45) is 0 Å². The standard InChI is InChI=1S/C18H12ClFN2O3S/c19-12-3-7-14(8-4-12)21-16(23)10-22-17(24)15(26-18(22)25)9-11-1-5-13(20)6-2-11/h1-9H,10H2,(H,21,23)/b15-9-. The quantitative estimate of drug-likeness (QED) is 0.796. The van der Waals surface area contributed by atoms with Crippen LogP contribution < -0.4 is 5.32 Å². The molecule has 1 heterocycles. The number of carbonyl (C=O) groups excluding carboxylic acids is 3. The Labute approximate surface area is 157 Å². The largest absolute Gasteiger partial charge is 0.325 e. The summed E-state index contributed by atoms with van der Waals surface area (Å²) >= 11 is 6.51. The molecule has 132 valence electrons. The number of hydrogen-bond acceptors (Lipinski definition) is 4. The highest BCUT2D eigenvalue weighted by Gasteiger charge is 2.36. The average molecular weight is 391 g/mol. The second kappa shape index (κ2) is 7.72. The molecule has 0 radical (unpaired) electrons. The molecule has 8 heteroatoms. The summed E-state index contributed by atoms with van der Waals surface area (Å²) in [6.45, 7) is -0.395. The molecule has 0 unspecified atom stereocenters. The lowest BCUT2D eigenvalue weighted by atomic mass is 10.2. The minimum absolute atomic E-state index is 0.181. The average Bonchev–Trinajstić information content (AvgIpc) is 2.86. The first-order valence-electron chi connectivity index (χ1n) is 7.49. The fourth-order valence-electron chi connectivity index (χ4n) is 2.22. The van der Waals surface area contributed by atoms with Crippen molar-refractivity contribution in [2.45, 2.75) is 0 Å². The van der Waals surface area contributed by atoms with E-state index in [9.17, 15) is 18.8 Å². The van der Waals surface area contributed by atoms with Crippen LogP contribution in [0.25, 0.3) is 6.08 Å². The van der Waals surface area contributed by atoms with Gasteiger partial charge >= 0.3 is 0 Å². The lowest BCUT2D eigenvalue weighted by Gasteiger charge is -2.12. The number of nitrogens with one attached hydrogen (secondary N) is 1. The van der Waals surface area contributed by atoms with Gasteiger partial charge in [0.25, 0.3) is 11.1 Å². The maximum absolute atomic E-state index is 12.9. The molecule has 0 aliphatic carbocycles. The zero-order valence-electron chi connectivity index (χ0n) is 13.2. The molecule has 1 aliphatic rings.